The molecular formula is C15H13BrN2. The Morgan fingerprint density at radius 2 is 2.00 bits per heavy atom. The lowest BCUT2D eigenvalue weighted by atomic mass is 10.1. The fraction of sp³-hybridized carbons (Fsp3) is 0.133. The summed E-state index contributed by atoms with van der Waals surface area (Å²) in [6.45, 7) is 2.11. The van der Waals surface area contributed by atoms with E-state index in [0.717, 1.165) is 22.2 Å². The predicted octanol–water partition coefficient (Wildman–Crippen LogP) is 4.00. The van der Waals surface area contributed by atoms with Gasteiger partial charge in [0.2, 0.25) is 0 Å². The lowest BCUT2D eigenvalue weighted by molar-refractivity contribution is 0.932. The third-order valence-electron chi connectivity index (χ3n) is 3.07. The second-order valence-corrected chi connectivity index (χ2v) is 5.32. The highest BCUT2D eigenvalue weighted by Crippen LogP contribution is 2.17. The molecule has 1 aromatic carbocycles. The van der Waals surface area contributed by atoms with Crippen LogP contribution < -0.4 is 0 Å². The van der Waals surface area contributed by atoms with E-state index in [0.29, 0.717) is 0 Å². The number of fused-ring (bicyclic) bond motifs is 1. The molecule has 0 atom stereocenters. The van der Waals surface area contributed by atoms with Gasteiger partial charge in [0, 0.05) is 16.6 Å². The summed E-state index contributed by atoms with van der Waals surface area (Å²) in [4.78, 5) is 4.53. The Bertz CT molecular complexity index is 701. The van der Waals surface area contributed by atoms with Crippen LogP contribution in [0.3, 0.4) is 0 Å². The Morgan fingerprint density at radius 1 is 1.17 bits per heavy atom. The molecule has 0 aliphatic carbocycles. The molecular weight excluding hydrogens is 288 g/mol. The number of imidazole rings is 1. The number of rotatable bonds is 2. The quantitative estimate of drug-likeness (QED) is 0.699. The van der Waals surface area contributed by atoms with Crippen LogP contribution in [0.25, 0.3) is 5.52 Å². The summed E-state index contributed by atoms with van der Waals surface area (Å²) in [5, 5.41) is 0. The van der Waals surface area contributed by atoms with E-state index < -0.39 is 0 Å². The molecule has 0 spiro atoms. The number of halogens is 1. The van der Waals surface area contributed by atoms with Crippen molar-refractivity contribution in [3.8, 4) is 0 Å². The van der Waals surface area contributed by atoms with Gasteiger partial charge in [0.25, 0.3) is 0 Å². The van der Waals surface area contributed by atoms with Crippen LogP contribution in [0.15, 0.2) is 53.1 Å². The van der Waals surface area contributed by atoms with Gasteiger partial charge in [-0.05, 0) is 36.8 Å². The van der Waals surface area contributed by atoms with Crippen molar-refractivity contribution in [2.75, 3.05) is 0 Å². The summed E-state index contributed by atoms with van der Waals surface area (Å²) >= 11 is 3.50. The first-order chi connectivity index (χ1) is 8.74. The molecule has 0 amide bonds. The topological polar surface area (TPSA) is 17.3 Å². The molecule has 0 aliphatic rings. The monoisotopic (exact) mass is 300 g/mol. The van der Waals surface area contributed by atoms with E-state index in [4.69, 9.17) is 0 Å². The number of pyridine rings is 1. The summed E-state index contributed by atoms with van der Waals surface area (Å²) in [5.41, 5.74) is 3.63. The zero-order valence-corrected chi connectivity index (χ0v) is 11.7. The minimum Gasteiger partial charge on any atom is -0.301 e. The SMILES string of the molecule is Cc1cccc2cnc(Cc3cccc(Br)c3)n12. The van der Waals surface area contributed by atoms with Gasteiger partial charge in [-0.1, -0.05) is 34.1 Å². The maximum absolute atomic E-state index is 4.53. The predicted molar refractivity (Wildman–Crippen MR) is 76.9 cm³/mol. The van der Waals surface area contributed by atoms with Gasteiger partial charge in [-0.25, -0.2) is 4.98 Å². The number of hydrogen-bond acceptors (Lipinski definition) is 1. The third kappa shape index (κ3) is 2.06. The first-order valence-electron chi connectivity index (χ1n) is 5.90. The van der Waals surface area contributed by atoms with E-state index >= 15 is 0 Å². The molecule has 0 saturated heterocycles. The first-order valence-corrected chi connectivity index (χ1v) is 6.70. The van der Waals surface area contributed by atoms with E-state index in [2.05, 4.69) is 68.6 Å². The highest BCUT2D eigenvalue weighted by atomic mass is 79.9. The maximum atomic E-state index is 4.53. The molecule has 3 heteroatoms. The average Bonchev–Trinajstić information content (AvgIpc) is 2.74. The molecule has 0 bridgehead atoms. The smallest absolute Gasteiger partial charge is 0.117 e. The molecule has 0 radical (unpaired) electrons. The molecule has 0 fully saturated rings. The van der Waals surface area contributed by atoms with E-state index in [1.54, 1.807) is 0 Å². The summed E-state index contributed by atoms with van der Waals surface area (Å²) < 4.78 is 3.32. The first kappa shape index (κ1) is 11.5. The van der Waals surface area contributed by atoms with Gasteiger partial charge in [-0.3, -0.25) is 0 Å². The standard InChI is InChI=1S/C15H13BrN2/c1-11-4-2-7-14-10-17-15(18(11)14)9-12-5-3-6-13(16)8-12/h2-8,10H,9H2,1H3. The third-order valence-corrected chi connectivity index (χ3v) is 3.56. The second kappa shape index (κ2) is 4.58. The fourth-order valence-corrected chi connectivity index (χ4v) is 2.69. The van der Waals surface area contributed by atoms with E-state index in [-0.39, 0.29) is 0 Å². The molecule has 3 aromatic rings. The highest BCUT2D eigenvalue weighted by molar-refractivity contribution is 9.10. The zero-order valence-electron chi connectivity index (χ0n) is 10.1. The van der Waals surface area contributed by atoms with Crippen LogP contribution in [0.2, 0.25) is 0 Å². The number of aromatic nitrogens is 2. The van der Waals surface area contributed by atoms with Gasteiger partial charge in [0.1, 0.15) is 5.82 Å². The summed E-state index contributed by atoms with van der Waals surface area (Å²) in [6.07, 6.45) is 2.78. The number of nitrogens with zero attached hydrogens (tertiary/aromatic N) is 2. The van der Waals surface area contributed by atoms with Crippen molar-refractivity contribution in [1.82, 2.24) is 9.38 Å². The van der Waals surface area contributed by atoms with E-state index in [9.17, 15) is 0 Å². The molecule has 0 saturated carbocycles. The van der Waals surface area contributed by atoms with E-state index in [1.807, 2.05) is 12.3 Å². The van der Waals surface area contributed by atoms with Crippen LogP contribution in [0.1, 0.15) is 17.1 Å². The molecule has 90 valence electrons. The highest BCUT2D eigenvalue weighted by Gasteiger charge is 2.06. The molecule has 0 aliphatic heterocycles. The van der Waals surface area contributed by atoms with Crippen LogP contribution in [-0.4, -0.2) is 9.38 Å². The second-order valence-electron chi connectivity index (χ2n) is 4.41. The lowest BCUT2D eigenvalue weighted by Gasteiger charge is -2.05. The molecule has 2 nitrogen and oxygen atoms in total. The Hall–Kier alpha value is -1.61. The molecule has 0 N–H and O–H groups in total. The van der Waals surface area contributed by atoms with Gasteiger partial charge >= 0.3 is 0 Å². The lowest BCUT2D eigenvalue weighted by Crippen LogP contribution is -1.99. The van der Waals surface area contributed by atoms with Crippen LogP contribution in [0.5, 0.6) is 0 Å². The van der Waals surface area contributed by atoms with Gasteiger partial charge in [0.15, 0.2) is 0 Å². The normalized spacial score (nSPS) is 11.0. The van der Waals surface area contributed by atoms with E-state index in [1.165, 1.54) is 11.3 Å². The van der Waals surface area contributed by atoms with Crippen molar-refractivity contribution in [2.24, 2.45) is 0 Å². The number of aryl methyl sites for hydroxylation is 1. The zero-order chi connectivity index (χ0) is 12.5. The average molecular weight is 301 g/mol. The van der Waals surface area contributed by atoms with Crippen LogP contribution >= 0.6 is 15.9 Å². The van der Waals surface area contributed by atoms with Crippen molar-refractivity contribution in [2.45, 2.75) is 13.3 Å². The van der Waals surface area contributed by atoms with Crippen LogP contribution in [-0.2, 0) is 6.42 Å². The van der Waals surface area contributed by atoms with Gasteiger partial charge in [-0.2, -0.15) is 0 Å². The van der Waals surface area contributed by atoms with Crippen molar-refractivity contribution in [1.29, 1.82) is 0 Å². The molecule has 0 unspecified atom stereocenters. The van der Waals surface area contributed by atoms with Gasteiger partial charge < -0.3 is 4.40 Å². The summed E-state index contributed by atoms with van der Waals surface area (Å²) in [6, 6.07) is 14.6. The Morgan fingerprint density at radius 3 is 2.83 bits per heavy atom. The summed E-state index contributed by atoms with van der Waals surface area (Å²) in [7, 11) is 0. The molecule has 3 rings (SSSR count). The largest absolute Gasteiger partial charge is 0.301 e. The van der Waals surface area contributed by atoms with Crippen molar-refractivity contribution >= 4 is 21.4 Å². The Kier molecular flexibility index (Phi) is 2.92. The maximum Gasteiger partial charge on any atom is 0.117 e. The molecule has 18 heavy (non-hydrogen) atoms. The van der Waals surface area contributed by atoms with Crippen molar-refractivity contribution < 1.29 is 0 Å². The van der Waals surface area contributed by atoms with Gasteiger partial charge in [0.05, 0.1) is 11.7 Å². The fourth-order valence-electron chi connectivity index (χ4n) is 2.24. The summed E-state index contributed by atoms with van der Waals surface area (Å²) in [5.74, 6) is 1.08. The van der Waals surface area contributed by atoms with Gasteiger partial charge in [-0.15, -0.1) is 0 Å². The van der Waals surface area contributed by atoms with Crippen LogP contribution in [0, 0.1) is 6.92 Å². The Balaban J connectivity index is 2.05. The minimum absolute atomic E-state index is 0.846. The molecule has 2 aromatic heterocycles. The Labute approximate surface area is 114 Å². The van der Waals surface area contributed by atoms with Crippen molar-refractivity contribution in [3.63, 3.8) is 0 Å². The molecule has 2 heterocycles. The number of benzene rings is 1. The minimum atomic E-state index is 0.846. The van der Waals surface area contributed by atoms with Crippen LogP contribution in [0.4, 0.5) is 0 Å². The number of hydrogen-bond donors (Lipinski definition) is 0. The van der Waals surface area contributed by atoms with Crippen molar-refractivity contribution in [3.05, 3.63) is 70.2 Å².